The van der Waals surface area contributed by atoms with Crippen molar-refractivity contribution in [3.8, 4) is 5.75 Å². The predicted octanol–water partition coefficient (Wildman–Crippen LogP) is 3.64. The van der Waals surface area contributed by atoms with Crippen LogP contribution in [0, 0.1) is 0 Å². The monoisotopic (exact) mass is 314 g/mol. The summed E-state index contributed by atoms with van der Waals surface area (Å²) in [7, 11) is 2.78. The Balaban J connectivity index is 3.01. The van der Waals surface area contributed by atoms with E-state index in [-0.39, 0.29) is 5.75 Å². The van der Waals surface area contributed by atoms with Gasteiger partial charge in [0.1, 0.15) is 5.75 Å². The molecule has 0 saturated heterocycles. The zero-order valence-corrected chi connectivity index (χ0v) is 10.6. The summed E-state index contributed by atoms with van der Waals surface area (Å²) < 4.78 is 50.4. The minimum atomic E-state index is -4.73. The normalized spacial score (nSPS) is 11.9. The second-order valence-corrected chi connectivity index (χ2v) is 3.99. The molecule has 17 heavy (non-hydrogen) atoms. The number of halogens is 4. The molecule has 0 heterocycles. The van der Waals surface area contributed by atoms with E-state index >= 15 is 0 Å². The lowest BCUT2D eigenvalue weighted by molar-refractivity contribution is -0.274. The topological polar surface area (TPSA) is 27.7 Å². The molecule has 0 spiro atoms. The maximum atomic E-state index is 12.1. The number of ether oxygens (including phenoxy) is 3. The van der Waals surface area contributed by atoms with Gasteiger partial charge in [0.2, 0.25) is 0 Å². The van der Waals surface area contributed by atoms with Gasteiger partial charge in [-0.3, -0.25) is 0 Å². The average Bonchev–Trinajstić information content (AvgIpc) is 2.15. The molecule has 1 aromatic carbocycles. The molecule has 96 valence electrons. The Morgan fingerprint density at radius 2 is 1.71 bits per heavy atom. The molecule has 0 aliphatic carbocycles. The van der Waals surface area contributed by atoms with E-state index in [2.05, 4.69) is 20.7 Å². The smallest absolute Gasteiger partial charge is 0.406 e. The van der Waals surface area contributed by atoms with Gasteiger partial charge in [-0.15, -0.1) is 13.2 Å². The van der Waals surface area contributed by atoms with Gasteiger partial charge in [0.25, 0.3) is 0 Å². The lowest BCUT2D eigenvalue weighted by atomic mass is 10.2. The molecule has 0 aliphatic heterocycles. The van der Waals surface area contributed by atoms with Gasteiger partial charge in [0.05, 0.1) is 0 Å². The molecule has 1 aromatic rings. The number of alkyl halides is 3. The van der Waals surface area contributed by atoms with Crippen LogP contribution in [-0.4, -0.2) is 20.6 Å². The van der Waals surface area contributed by atoms with Crippen LogP contribution in [0.5, 0.6) is 5.75 Å². The Labute approximate surface area is 105 Å². The van der Waals surface area contributed by atoms with E-state index in [1.807, 2.05) is 0 Å². The van der Waals surface area contributed by atoms with Crippen molar-refractivity contribution in [2.75, 3.05) is 14.2 Å². The highest BCUT2D eigenvalue weighted by atomic mass is 79.9. The number of rotatable bonds is 4. The van der Waals surface area contributed by atoms with Crippen molar-refractivity contribution < 1.29 is 27.4 Å². The van der Waals surface area contributed by atoms with Crippen LogP contribution in [0.3, 0.4) is 0 Å². The molecule has 0 radical (unpaired) electrons. The molecule has 3 nitrogen and oxygen atoms in total. The van der Waals surface area contributed by atoms with Crippen molar-refractivity contribution >= 4 is 15.9 Å². The largest absolute Gasteiger partial charge is 0.573 e. The SMILES string of the molecule is COC(OC)c1cc(Br)cc(OC(F)(F)F)c1. The Morgan fingerprint density at radius 1 is 1.12 bits per heavy atom. The first-order valence-electron chi connectivity index (χ1n) is 4.47. The molecule has 1 rings (SSSR count). The van der Waals surface area contributed by atoms with Crippen LogP contribution >= 0.6 is 15.9 Å². The van der Waals surface area contributed by atoms with E-state index in [0.29, 0.717) is 10.0 Å². The van der Waals surface area contributed by atoms with Gasteiger partial charge in [0, 0.05) is 24.3 Å². The Morgan fingerprint density at radius 3 is 2.18 bits per heavy atom. The van der Waals surface area contributed by atoms with Crippen molar-refractivity contribution in [1.82, 2.24) is 0 Å². The van der Waals surface area contributed by atoms with Crippen molar-refractivity contribution in [3.63, 3.8) is 0 Å². The minimum Gasteiger partial charge on any atom is -0.406 e. The molecule has 0 aromatic heterocycles. The van der Waals surface area contributed by atoms with E-state index in [1.54, 1.807) is 6.07 Å². The first kappa shape index (κ1) is 14.3. The molecule has 0 aliphatic rings. The van der Waals surface area contributed by atoms with Crippen molar-refractivity contribution in [2.24, 2.45) is 0 Å². The van der Waals surface area contributed by atoms with Crippen LogP contribution in [0.15, 0.2) is 22.7 Å². The number of methoxy groups -OCH3 is 2. The summed E-state index contributed by atoms with van der Waals surface area (Å²) >= 11 is 3.09. The fourth-order valence-electron chi connectivity index (χ4n) is 1.28. The second-order valence-electron chi connectivity index (χ2n) is 3.07. The number of hydrogen-bond acceptors (Lipinski definition) is 3. The summed E-state index contributed by atoms with van der Waals surface area (Å²) in [5, 5.41) is 0. The summed E-state index contributed by atoms with van der Waals surface area (Å²) in [5.41, 5.74) is 0.420. The van der Waals surface area contributed by atoms with Gasteiger partial charge < -0.3 is 14.2 Å². The number of benzene rings is 1. The lowest BCUT2D eigenvalue weighted by Gasteiger charge is -2.16. The van der Waals surface area contributed by atoms with E-state index in [1.165, 1.54) is 26.4 Å². The van der Waals surface area contributed by atoms with Crippen LogP contribution in [-0.2, 0) is 9.47 Å². The molecule has 0 amide bonds. The van der Waals surface area contributed by atoms with E-state index in [4.69, 9.17) is 9.47 Å². The fourth-order valence-corrected chi connectivity index (χ4v) is 1.77. The molecule has 0 N–H and O–H groups in total. The molecule has 0 unspecified atom stereocenters. The quantitative estimate of drug-likeness (QED) is 0.794. The van der Waals surface area contributed by atoms with Crippen molar-refractivity contribution in [3.05, 3.63) is 28.2 Å². The molecular weight excluding hydrogens is 305 g/mol. The third-order valence-corrected chi connectivity index (χ3v) is 2.29. The lowest BCUT2D eigenvalue weighted by Crippen LogP contribution is -2.17. The highest BCUT2D eigenvalue weighted by Crippen LogP contribution is 2.30. The molecular formula is C10H10BrF3O3. The molecule has 0 atom stereocenters. The highest BCUT2D eigenvalue weighted by Gasteiger charge is 2.31. The summed E-state index contributed by atoms with van der Waals surface area (Å²) in [4.78, 5) is 0. The van der Waals surface area contributed by atoms with E-state index in [0.717, 1.165) is 0 Å². The van der Waals surface area contributed by atoms with Crippen LogP contribution < -0.4 is 4.74 Å². The van der Waals surface area contributed by atoms with Crippen LogP contribution in [0.2, 0.25) is 0 Å². The minimum absolute atomic E-state index is 0.332. The highest BCUT2D eigenvalue weighted by molar-refractivity contribution is 9.10. The zero-order chi connectivity index (χ0) is 13.1. The maximum Gasteiger partial charge on any atom is 0.573 e. The van der Waals surface area contributed by atoms with Crippen molar-refractivity contribution in [2.45, 2.75) is 12.7 Å². The maximum absolute atomic E-state index is 12.1. The summed E-state index contributed by atoms with van der Waals surface area (Å²) in [6.45, 7) is 0. The van der Waals surface area contributed by atoms with Gasteiger partial charge >= 0.3 is 6.36 Å². The third kappa shape index (κ3) is 4.53. The predicted molar refractivity (Wildman–Crippen MR) is 57.6 cm³/mol. The Bertz CT molecular complexity index is 378. The van der Waals surface area contributed by atoms with E-state index in [9.17, 15) is 13.2 Å². The van der Waals surface area contributed by atoms with Gasteiger partial charge in [-0.1, -0.05) is 15.9 Å². The Hall–Kier alpha value is -0.790. The molecule has 0 fully saturated rings. The van der Waals surface area contributed by atoms with Gasteiger partial charge in [-0.25, -0.2) is 0 Å². The van der Waals surface area contributed by atoms with Crippen molar-refractivity contribution in [1.29, 1.82) is 0 Å². The van der Waals surface area contributed by atoms with E-state index < -0.39 is 12.7 Å². The first-order chi connectivity index (χ1) is 7.85. The van der Waals surface area contributed by atoms with Gasteiger partial charge in [-0.2, -0.15) is 0 Å². The number of hydrogen-bond donors (Lipinski definition) is 0. The molecule has 0 saturated carbocycles. The van der Waals surface area contributed by atoms with Gasteiger partial charge in [-0.05, 0) is 18.2 Å². The van der Waals surface area contributed by atoms with Crippen LogP contribution in [0.1, 0.15) is 11.9 Å². The fraction of sp³-hybridized carbons (Fsp3) is 0.400. The summed E-state index contributed by atoms with van der Waals surface area (Å²) in [6.07, 6.45) is -5.48. The van der Waals surface area contributed by atoms with Crippen LogP contribution in [0.25, 0.3) is 0 Å². The third-order valence-electron chi connectivity index (χ3n) is 1.83. The summed E-state index contributed by atoms with van der Waals surface area (Å²) in [6, 6.07) is 4.00. The zero-order valence-electron chi connectivity index (χ0n) is 9.05. The Kier molecular flexibility index (Phi) is 4.79. The average molecular weight is 315 g/mol. The van der Waals surface area contributed by atoms with Gasteiger partial charge in [0.15, 0.2) is 6.29 Å². The molecule has 0 bridgehead atoms. The molecule has 7 heteroatoms. The standard InChI is InChI=1S/C10H10BrF3O3/c1-15-9(16-2)6-3-7(11)5-8(4-6)17-10(12,13)14/h3-5,9H,1-2H3. The second kappa shape index (κ2) is 5.70. The first-order valence-corrected chi connectivity index (χ1v) is 5.27. The summed E-state index contributed by atoms with van der Waals surface area (Å²) in [5.74, 6) is -0.332. The van der Waals surface area contributed by atoms with Crippen LogP contribution in [0.4, 0.5) is 13.2 Å².